The zero-order chi connectivity index (χ0) is 37.0. The molecule has 3 heterocycles. The number of benzene rings is 6. The number of allylic oxidation sites excluding steroid dienone is 7. The van der Waals surface area contributed by atoms with Crippen LogP contribution < -0.4 is 0 Å². The zero-order valence-electron chi connectivity index (χ0n) is 30.8. The fraction of sp³-hybridized carbons (Fsp3) is 0.0962. The molecule has 6 aromatic carbocycles. The van der Waals surface area contributed by atoms with Gasteiger partial charge in [-0.25, -0.2) is 0 Å². The molecule has 0 saturated carbocycles. The summed E-state index contributed by atoms with van der Waals surface area (Å²) in [5.41, 5.74) is 14.7. The number of rotatable bonds is 6. The molecule has 0 bridgehead atoms. The minimum atomic E-state index is -0.168. The lowest BCUT2D eigenvalue weighted by Crippen LogP contribution is -2.17. The van der Waals surface area contributed by atoms with E-state index >= 15 is 0 Å². The average molecular weight is 737 g/mol. The molecular formula is C52H38N3S-. The molecule has 56 heavy (non-hydrogen) atoms. The Kier molecular flexibility index (Phi) is 8.10. The fourth-order valence-corrected chi connectivity index (χ4v) is 10.3. The predicted molar refractivity (Wildman–Crippen MR) is 237 cm³/mol. The molecule has 0 fully saturated rings. The van der Waals surface area contributed by atoms with Gasteiger partial charge >= 0.3 is 0 Å². The Hall–Kier alpha value is -6.36. The fourth-order valence-electron chi connectivity index (χ4n) is 8.89. The topological polar surface area (TPSA) is 31.4 Å². The van der Waals surface area contributed by atoms with Gasteiger partial charge < -0.3 is 14.9 Å². The highest BCUT2D eigenvalue weighted by Crippen LogP contribution is 2.52. The molecule has 2 aliphatic heterocycles. The lowest BCUT2D eigenvalue weighted by Gasteiger charge is -2.33. The molecule has 3 nitrogen and oxygen atoms in total. The number of fused-ring (bicyclic) bond motifs is 6. The quantitative estimate of drug-likeness (QED) is 0.167. The van der Waals surface area contributed by atoms with E-state index in [-0.39, 0.29) is 6.04 Å². The van der Waals surface area contributed by atoms with Crippen LogP contribution in [0.3, 0.4) is 0 Å². The number of hydrogen-bond donors (Lipinski definition) is 0. The van der Waals surface area contributed by atoms with Gasteiger partial charge in [-0.1, -0.05) is 170 Å². The lowest BCUT2D eigenvalue weighted by atomic mass is 9.89. The molecular weight excluding hydrogens is 699 g/mol. The van der Waals surface area contributed by atoms with E-state index in [0.29, 0.717) is 11.2 Å². The van der Waals surface area contributed by atoms with E-state index in [0.717, 1.165) is 41.1 Å². The Morgan fingerprint density at radius 3 is 2.04 bits per heavy atom. The van der Waals surface area contributed by atoms with Crippen LogP contribution in [0.15, 0.2) is 198 Å². The smallest absolute Gasteiger partial charge is 0.0604 e. The zero-order valence-corrected chi connectivity index (χ0v) is 31.6. The first kappa shape index (κ1) is 33.0. The van der Waals surface area contributed by atoms with E-state index in [9.17, 15) is 0 Å². The van der Waals surface area contributed by atoms with Crippen LogP contribution in [0.4, 0.5) is 0 Å². The van der Waals surface area contributed by atoms with Gasteiger partial charge in [-0.15, -0.1) is 11.8 Å². The standard InChI is InChI=1S/C52H38N3S/c1-3-12-34(13-4-1)35-22-24-36(25-23-35)37-26-28-39(29-27-37)46-33-45(38-14-5-2-6-15-38)53-52(54-46)40-30-31-42-41-16-7-9-19-47(41)55(49(42)32-40)48-20-11-18-44-43-17-8-10-21-50(43)56-51(44)48/h1-22,24,26-33,44,46,51H,23,25H2/q-1. The molecule has 11 rings (SSSR count). The van der Waals surface area contributed by atoms with E-state index in [1.807, 2.05) is 11.8 Å². The average Bonchev–Trinajstić information content (AvgIpc) is 3.83. The van der Waals surface area contributed by atoms with E-state index in [4.69, 9.17) is 10.3 Å². The van der Waals surface area contributed by atoms with Crippen molar-refractivity contribution in [1.29, 1.82) is 0 Å². The molecule has 2 aliphatic carbocycles. The molecule has 268 valence electrons. The summed E-state index contributed by atoms with van der Waals surface area (Å²) in [5.74, 6) is 1.10. The molecule has 3 atom stereocenters. The summed E-state index contributed by atoms with van der Waals surface area (Å²) in [6, 6.07) is 54.6. The molecule has 3 unspecified atom stereocenters. The summed E-state index contributed by atoms with van der Waals surface area (Å²) >= 11 is 1.98. The molecule has 1 aromatic heterocycles. The first-order valence-corrected chi connectivity index (χ1v) is 20.4. The molecule has 0 radical (unpaired) electrons. The van der Waals surface area contributed by atoms with Gasteiger partial charge in [-0.3, -0.25) is 0 Å². The highest BCUT2D eigenvalue weighted by atomic mass is 32.2. The lowest BCUT2D eigenvalue weighted by molar-refractivity contribution is 0.863. The summed E-state index contributed by atoms with van der Waals surface area (Å²) in [6.45, 7) is 0. The second-order valence-corrected chi connectivity index (χ2v) is 16.1. The van der Waals surface area contributed by atoms with Gasteiger partial charge in [0.15, 0.2) is 0 Å². The van der Waals surface area contributed by atoms with Gasteiger partial charge in [0.2, 0.25) is 0 Å². The maximum atomic E-state index is 5.38. The van der Waals surface area contributed by atoms with Crippen molar-refractivity contribution in [2.45, 2.75) is 34.9 Å². The summed E-state index contributed by atoms with van der Waals surface area (Å²) in [4.78, 5) is 6.64. The van der Waals surface area contributed by atoms with Crippen LogP contribution in [0.5, 0.6) is 0 Å². The van der Waals surface area contributed by atoms with Crippen molar-refractivity contribution in [3.8, 4) is 0 Å². The van der Waals surface area contributed by atoms with Gasteiger partial charge in [-0.2, -0.15) is 0 Å². The second-order valence-electron chi connectivity index (χ2n) is 15.0. The molecule has 0 spiro atoms. The second kappa shape index (κ2) is 13.7. The molecule has 7 aromatic rings. The van der Waals surface area contributed by atoms with Crippen molar-refractivity contribution in [1.82, 2.24) is 4.57 Å². The van der Waals surface area contributed by atoms with E-state index in [1.165, 1.54) is 60.2 Å². The van der Waals surface area contributed by atoms with Crippen molar-refractivity contribution in [2.75, 3.05) is 0 Å². The molecule has 4 heteroatoms. The highest BCUT2D eigenvalue weighted by Gasteiger charge is 2.37. The summed E-state index contributed by atoms with van der Waals surface area (Å²) in [7, 11) is 0. The van der Waals surface area contributed by atoms with Crippen molar-refractivity contribution < 1.29 is 0 Å². The van der Waals surface area contributed by atoms with Gasteiger partial charge in [-0.05, 0) is 87.3 Å². The summed E-state index contributed by atoms with van der Waals surface area (Å²) in [6.07, 6.45) is 15.8. The third-order valence-corrected chi connectivity index (χ3v) is 13.1. The maximum absolute atomic E-state index is 5.38. The number of amidine groups is 1. The first-order chi connectivity index (χ1) is 27.7. The largest absolute Gasteiger partial charge is 0.454 e. The van der Waals surface area contributed by atoms with Crippen LogP contribution in [0.25, 0.3) is 49.7 Å². The normalized spacial score (nSPS) is 20.0. The van der Waals surface area contributed by atoms with Gasteiger partial charge in [0.05, 0.1) is 16.3 Å². The molecule has 4 aliphatic rings. The van der Waals surface area contributed by atoms with Crippen molar-refractivity contribution >= 4 is 61.9 Å². The van der Waals surface area contributed by atoms with Crippen molar-refractivity contribution in [3.05, 3.63) is 227 Å². The predicted octanol–water partition coefficient (Wildman–Crippen LogP) is 13.6. The van der Waals surface area contributed by atoms with E-state index < -0.39 is 0 Å². The number of aliphatic imine (C=N–C) groups is 1. The highest BCUT2D eigenvalue weighted by molar-refractivity contribution is 8.00. The monoisotopic (exact) mass is 736 g/mol. The number of thioether (sulfide) groups is 1. The Balaban J connectivity index is 0.963. The van der Waals surface area contributed by atoms with Crippen LogP contribution in [0.1, 0.15) is 58.2 Å². The van der Waals surface area contributed by atoms with Crippen LogP contribution in [-0.2, 0) is 0 Å². The Bertz CT molecular complexity index is 2850. The van der Waals surface area contributed by atoms with Crippen LogP contribution in [-0.4, -0.2) is 15.7 Å². The number of para-hydroxylation sites is 1. The number of hydrogen-bond acceptors (Lipinski definition) is 2. The minimum Gasteiger partial charge on any atom is -0.454 e. The van der Waals surface area contributed by atoms with Crippen LogP contribution >= 0.6 is 11.8 Å². The van der Waals surface area contributed by atoms with Gasteiger partial charge in [0.1, 0.15) is 0 Å². The van der Waals surface area contributed by atoms with E-state index in [1.54, 1.807) is 0 Å². The number of aromatic nitrogens is 1. The summed E-state index contributed by atoms with van der Waals surface area (Å²) < 4.78 is 2.50. The van der Waals surface area contributed by atoms with Crippen molar-refractivity contribution in [2.24, 2.45) is 4.99 Å². The van der Waals surface area contributed by atoms with Crippen molar-refractivity contribution in [3.63, 3.8) is 0 Å². The van der Waals surface area contributed by atoms with Gasteiger partial charge in [0, 0.05) is 33.3 Å². The summed E-state index contributed by atoms with van der Waals surface area (Å²) in [5, 5.41) is 8.17. The Labute approximate surface area is 331 Å². The first-order valence-electron chi connectivity index (χ1n) is 19.6. The van der Waals surface area contributed by atoms with Crippen LogP contribution in [0.2, 0.25) is 0 Å². The SMILES string of the molecule is C1=CC2c3ccccc3SC2C(n2c3ccccc3c3ccc(C4=NC(c5ccccc5)=CC(c5ccc(C6=CC=C(c7ccccc7)CC6)cc5)[N-]4)cc32)=C1. The molecule has 0 amide bonds. The third kappa shape index (κ3) is 5.72. The van der Waals surface area contributed by atoms with E-state index in [2.05, 4.69) is 193 Å². The Morgan fingerprint density at radius 2 is 1.25 bits per heavy atom. The number of nitrogens with zero attached hydrogens (tertiary/aromatic N) is 3. The molecule has 0 saturated heterocycles. The van der Waals surface area contributed by atoms with Crippen LogP contribution in [0, 0.1) is 0 Å². The third-order valence-electron chi connectivity index (χ3n) is 11.7. The minimum absolute atomic E-state index is 0.168. The van der Waals surface area contributed by atoms with Gasteiger partial charge in [0.25, 0.3) is 0 Å². The molecule has 0 N–H and O–H groups in total. The maximum Gasteiger partial charge on any atom is 0.0604 e. The Morgan fingerprint density at radius 1 is 0.589 bits per heavy atom.